The molecule has 0 spiro atoms. The molecule has 1 fully saturated rings. The van der Waals surface area contributed by atoms with Crippen molar-refractivity contribution in [3.63, 3.8) is 0 Å². The zero-order valence-electron chi connectivity index (χ0n) is 15.8. The fourth-order valence-electron chi connectivity index (χ4n) is 2.94. The number of halogens is 4. The molecule has 1 aliphatic heterocycles. The summed E-state index contributed by atoms with van der Waals surface area (Å²) >= 11 is 6.90. The lowest BCUT2D eigenvalue weighted by molar-refractivity contribution is -0.137. The van der Waals surface area contributed by atoms with E-state index in [1.807, 2.05) is 0 Å². The number of piperazine rings is 1. The summed E-state index contributed by atoms with van der Waals surface area (Å²) in [5.41, 5.74) is -1.19. The van der Waals surface area contributed by atoms with Crippen LogP contribution < -0.4 is 4.90 Å². The van der Waals surface area contributed by atoms with Gasteiger partial charge in [-0.2, -0.15) is 17.5 Å². The van der Waals surface area contributed by atoms with E-state index in [1.165, 1.54) is 16.2 Å². The van der Waals surface area contributed by atoms with Gasteiger partial charge in [-0.05, 0) is 18.2 Å². The zero-order chi connectivity index (χ0) is 22.1. The molecule has 3 rings (SSSR count). The Morgan fingerprint density at radius 2 is 1.93 bits per heavy atom. The number of aromatic nitrogens is 1. The Morgan fingerprint density at radius 3 is 2.50 bits per heavy atom. The normalized spacial score (nSPS) is 16.6. The van der Waals surface area contributed by atoms with E-state index < -0.39 is 31.7 Å². The first-order valence-corrected chi connectivity index (χ1v) is 11.4. The number of sulfonamides is 1. The van der Waals surface area contributed by atoms with Crippen molar-refractivity contribution in [2.75, 3.05) is 44.7 Å². The molecule has 30 heavy (non-hydrogen) atoms. The molecule has 1 saturated heterocycles. The van der Waals surface area contributed by atoms with Crippen molar-refractivity contribution in [1.82, 2.24) is 14.2 Å². The summed E-state index contributed by atoms with van der Waals surface area (Å²) in [5, 5.41) is 1.75. The maximum Gasteiger partial charge on any atom is 0.417 e. The molecular weight excluding hydrogens is 465 g/mol. The molecule has 2 aromatic rings. The predicted octanol–water partition coefficient (Wildman–Crippen LogP) is 2.78. The van der Waals surface area contributed by atoms with Gasteiger partial charge in [-0.1, -0.05) is 11.6 Å². The first-order chi connectivity index (χ1) is 14.0. The van der Waals surface area contributed by atoms with Gasteiger partial charge >= 0.3 is 6.18 Å². The van der Waals surface area contributed by atoms with E-state index in [0.29, 0.717) is 11.2 Å². The lowest BCUT2D eigenvalue weighted by atomic mass is 10.2. The van der Waals surface area contributed by atoms with Gasteiger partial charge in [-0.25, -0.2) is 13.4 Å². The minimum absolute atomic E-state index is 0.0561. The number of carbonyl (C=O) groups is 1. The Bertz CT molecular complexity index is 1010. The second kappa shape index (κ2) is 8.79. The molecule has 13 heteroatoms. The van der Waals surface area contributed by atoms with Crippen LogP contribution in [0.4, 0.5) is 18.3 Å². The maximum atomic E-state index is 13.1. The molecule has 0 saturated carbocycles. The molecule has 2 heterocycles. The quantitative estimate of drug-likeness (QED) is 0.655. The Labute approximate surface area is 180 Å². The van der Waals surface area contributed by atoms with Crippen molar-refractivity contribution < 1.29 is 26.4 Å². The standard InChI is InChI=1S/C17H18ClF3N4O3S2/c1-23(16-22-4-9-29-16)15(26)11-24-5-7-25(8-6-24)30(27,28)12-2-3-14(18)13(10-12)17(19,20)21/h2-4,9-10H,5-8,11H2,1H3. The Kier molecular flexibility index (Phi) is 6.72. The van der Waals surface area contributed by atoms with Gasteiger partial charge in [-0.3, -0.25) is 14.6 Å². The summed E-state index contributed by atoms with van der Waals surface area (Å²) in [6.45, 7) is 0.747. The number of likely N-dealkylation sites (N-methyl/N-ethyl adjacent to an activating group) is 1. The molecule has 7 nitrogen and oxygen atoms in total. The largest absolute Gasteiger partial charge is 0.417 e. The van der Waals surface area contributed by atoms with Crippen molar-refractivity contribution in [3.05, 3.63) is 40.4 Å². The van der Waals surface area contributed by atoms with Crippen molar-refractivity contribution in [2.24, 2.45) is 0 Å². The molecule has 0 aliphatic carbocycles. The highest BCUT2D eigenvalue weighted by Crippen LogP contribution is 2.36. The van der Waals surface area contributed by atoms with Gasteiger partial charge in [0.2, 0.25) is 15.9 Å². The molecule has 0 radical (unpaired) electrons. The van der Waals surface area contributed by atoms with Crippen molar-refractivity contribution in [2.45, 2.75) is 11.1 Å². The van der Waals surface area contributed by atoms with Crippen LogP contribution in [-0.4, -0.2) is 68.3 Å². The lowest BCUT2D eigenvalue weighted by Crippen LogP contribution is -2.51. The number of thiazole rings is 1. The number of rotatable bonds is 5. The monoisotopic (exact) mass is 482 g/mol. The van der Waals surface area contributed by atoms with Crippen LogP contribution in [0.5, 0.6) is 0 Å². The van der Waals surface area contributed by atoms with Crippen LogP contribution in [0.1, 0.15) is 5.56 Å². The van der Waals surface area contributed by atoms with Gasteiger partial charge in [0.05, 0.1) is 22.0 Å². The van der Waals surface area contributed by atoms with Crippen molar-refractivity contribution in [1.29, 1.82) is 0 Å². The first kappa shape index (κ1) is 22.9. The van der Waals surface area contributed by atoms with E-state index >= 15 is 0 Å². The third kappa shape index (κ3) is 4.94. The van der Waals surface area contributed by atoms with E-state index in [9.17, 15) is 26.4 Å². The zero-order valence-corrected chi connectivity index (χ0v) is 18.2. The van der Waals surface area contributed by atoms with E-state index in [-0.39, 0.29) is 38.6 Å². The SMILES string of the molecule is CN(C(=O)CN1CCN(S(=O)(=O)c2ccc(Cl)c(C(F)(F)F)c2)CC1)c1nccs1. The minimum Gasteiger partial charge on any atom is -0.292 e. The Morgan fingerprint density at radius 1 is 1.27 bits per heavy atom. The van der Waals surface area contributed by atoms with Gasteiger partial charge in [0.25, 0.3) is 0 Å². The highest BCUT2D eigenvalue weighted by molar-refractivity contribution is 7.89. The molecule has 1 aromatic heterocycles. The van der Waals surface area contributed by atoms with Crippen molar-refractivity contribution >= 4 is 44.0 Å². The molecule has 164 valence electrons. The Hall–Kier alpha value is -1.73. The van der Waals surface area contributed by atoms with E-state index in [1.54, 1.807) is 23.5 Å². The fraction of sp³-hybridized carbons (Fsp3) is 0.412. The Balaban J connectivity index is 1.65. The van der Waals surface area contributed by atoms with Crippen LogP contribution in [0.3, 0.4) is 0 Å². The number of benzene rings is 1. The lowest BCUT2D eigenvalue weighted by Gasteiger charge is -2.34. The number of nitrogens with zero attached hydrogens (tertiary/aromatic N) is 4. The third-order valence-electron chi connectivity index (χ3n) is 4.65. The summed E-state index contributed by atoms with van der Waals surface area (Å²) in [5.74, 6) is -0.186. The number of amides is 1. The predicted molar refractivity (Wildman–Crippen MR) is 107 cm³/mol. The van der Waals surface area contributed by atoms with Gasteiger partial charge in [0, 0.05) is 44.8 Å². The van der Waals surface area contributed by atoms with Gasteiger partial charge in [0.15, 0.2) is 5.13 Å². The van der Waals surface area contributed by atoms with Crippen molar-refractivity contribution in [3.8, 4) is 0 Å². The fourth-order valence-corrected chi connectivity index (χ4v) is 5.24. The van der Waals surface area contributed by atoms with Gasteiger partial charge in [0.1, 0.15) is 0 Å². The molecule has 0 unspecified atom stereocenters. The second-order valence-corrected chi connectivity index (χ2v) is 9.81. The maximum absolute atomic E-state index is 13.1. The molecule has 0 N–H and O–H groups in total. The third-order valence-corrected chi connectivity index (χ3v) is 7.72. The topological polar surface area (TPSA) is 73.8 Å². The highest BCUT2D eigenvalue weighted by atomic mass is 35.5. The summed E-state index contributed by atoms with van der Waals surface area (Å²) in [6.07, 6.45) is -3.17. The van der Waals surface area contributed by atoms with Gasteiger partial charge < -0.3 is 0 Å². The van der Waals surface area contributed by atoms with Crippen LogP contribution in [-0.2, 0) is 21.0 Å². The summed E-state index contributed by atoms with van der Waals surface area (Å²) in [6, 6.07) is 2.54. The number of alkyl halides is 3. The van der Waals surface area contributed by atoms with E-state index in [2.05, 4.69) is 4.98 Å². The van der Waals surface area contributed by atoms with Crippen LogP contribution in [0.2, 0.25) is 5.02 Å². The van der Waals surface area contributed by atoms with Crippen LogP contribution in [0, 0.1) is 0 Å². The van der Waals surface area contributed by atoms with Crippen LogP contribution in [0.25, 0.3) is 0 Å². The number of carbonyl (C=O) groups excluding carboxylic acids is 1. The van der Waals surface area contributed by atoms with Crippen LogP contribution in [0.15, 0.2) is 34.7 Å². The molecular formula is C17H18ClF3N4O3S2. The summed E-state index contributed by atoms with van der Waals surface area (Å²) < 4.78 is 65.9. The highest BCUT2D eigenvalue weighted by Gasteiger charge is 2.36. The molecule has 0 atom stereocenters. The van der Waals surface area contributed by atoms with E-state index in [0.717, 1.165) is 16.4 Å². The second-order valence-electron chi connectivity index (χ2n) is 6.59. The van der Waals surface area contributed by atoms with Crippen LogP contribution >= 0.6 is 22.9 Å². The number of hydrogen-bond donors (Lipinski definition) is 0. The smallest absolute Gasteiger partial charge is 0.292 e. The summed E-state index contributed by atoms with van der Waals surface area (Å²) in [4.78, 5) is 19.2. The molecule has 1 aliphatic rings. The first-order valence-electron chi connectivity index (χ1n) is 8.75. The summed E-state index contributed by atoms with van der Waals surface area (Å²) in [7, 11) is -2.51. The van der Waals surface area contributed by atoms with Gasteiger partial charge in [-0.15, -0.1) is 11.3 Å². The number of hydrogen-bond acceptors (Lipinski definition) is 6. The number of anilines is 1. The molecule has 1 aromatic carbocycles. The average Bonchev–Trinajstić information content (AvgIpc) is 3.21. The van der Waals surface area contributed by atoms with E-state index in [4.69, 9.17) is 11.6 Å². The average molecular weight is 483 g/mol. The molecule has 1 amide bonds. The molecule has 0 bridgehead atoms. The minimum atomic E-state index is -4.76.